The minimum atomic E-state index is -0.400. The number of fused-ring (bicyclic) bond motifs is 13. The number of esters is 1. The van der Waals surface area contributed by atoms with Gasteiger partial charge in [0.05, 0.1) is 42.7 Å². The molecule has 0 bridgehead atoms. The molecule has 11 atom stereocenters. The van der Waals surface area contributed by atoms with Gasteiger partial charge < -0.3 is 40.5 Å². The van der Waals surface area contributed by atoms with Gasteiger partial charge in [0.15, 0.2) is 0 Å². The molecule has 5 aromatic carbocycles. The van der Waals surface area contributed by atoms with Crippen molar-refractivity contribution in [2.75, 3.05) is 78.3 Å². The lowest BCUT2D eigenvalue weighted by Crippen LogP contribution is -2.42. The fourth-order valence-corrected chi connectivity index (χ4v) is 17.8. The first-order valence-electron chi connectivity index (χ1n) is 32.1. The van der Waals surface area contributed by atoms with Gasteiger partial charge >= 0.3 is 5.97 Å². The number of nitriles is 2. The second-order valence-corrected chi connectivity index (χ2v) is 26.2. The number of carbonyl (C=O) groups is 3. The number of aliphatic hydroxyl groups excluding tert-OH is 1. The highest BCUT2D eigenvalue weighted by Crippen LogP contribution is 2.53. The van der Waals surface area contributed by atoms with Gasteiger partial charge in [-0.1, -0.05) is 111 Å². The Bertz CT molecular complexity index is 3410. The number of aliphatic hydroxyl groups is 1. The molecule has 5 aliphatic carbocycles. The van der Waals surface area contributed by atoms with E-state index in [9.17, 15) is 24.8 Å². The Morgan fingerprint density at radius 1 is 0.553 bits per heavy atom. The molecule has 85 heavy (non-hydrogen) atoms. The SMILES string of the molecule is COC(=O)CN1C[C@@H]2CCC[C@@H]2c2cccc(C#N)c21.N#Cc1cccc2c1NC[C@@H]1CCC[C@H]21.O=C1CN2C[C@@H]3CCC[C@@H]3c3cccc(c32)CN1.O=C1Nc2ccccc2[C@H]2CCC[C@@H]12.OC1CN2C[C@@H]3CCC[C@@H]3c3cccc(c32)CN1. The summed E-state index contributed by atoms with van der Waals surface area (Å²) in [5, 5.41) is 41.0. The number of nitrogens with one attached hydrogen (secondary N) is 4. The van der Waals surface area contributed by atoms with Gasteiger partial charge in [-0.3, -0.25) is 19.7 Å². The maximum absolute atomic E-state index is 11.8. The number of hydrogen-bond acceptors (Lipinski definition) is 12. The zero-order valence-electron chi connectivity index (χ0n) is 49.4. The van der Waals surface area contributed by atoms with Crippen molar-refractivity contribution in [1.82, 2.24) is 10.6 Å². The van der Waals surface area contributed by atoms with Crippen LogP contribution in [0.3, 0.4) is 0 Å². The quantitative estimate of drug-likeness (QED) is 0.106. The molecule has 5 aromatic rings. The molecule has 1 unspecified atom stereocenters. The number of para-hydroxylation sites is 5. The van der Waals surface area contributed by atoms with Crippen LogP contribution in [0.2, 0.25) is 0 Å². The lowest BCUT2D eigenvalue weighted by atomic mass is 9.82. The second-order valence-electron chi connectivity index (χ2n) is 26.2. The summed E-state index contributed by atoms with van der Waals surface area (Å²) < 4.78 is 4.79. The second kappa shape index (κ2) is 24.9. The van der Waals surface area contributed by atoms with Crippen LogP contribution in [0.4, 0.5) is 28.4 Å². The Balaban J connectivity index is 0.0000000993. The summed E-state index contributed by atoms with van der Waals surface area (Å²) in [4.78, 5) is 41.9. The van der Waals surface area contributed by atoms with Crippen molar-refractivity contribution in [3.63, 3.8) is 0 Å². The average molecular weight is 1140 g/mol. The van der Waals surface area contributed by atoms with E-state index < -0.39 is 6.23 Å². The Morgan fingerprint density at radius 3 is 1.76 bits per heavy atom. The van der Waals surface area contributed by atoms with Crippen LogP contribution in [0.25, 0.3) is 0 Å². The first-order valence-corrected chi connectivity index (χ1v) is 32.1. The first kappa shape index (κ1) is 56.7. The van der Waals surface area contributed by atoms with E-state index in [4.69, 9.17) is 10.00 Å². The van der Waals surface area contributed by atoms with E-state index in [-0.39, 0.29) is 30.2 Å². The monoisotopic (exact) mass is 1140 g/mol. The van der Waals surface area contributed by atoms with E-state index in [0.29, 0.717) is 42.3 Å². The van der Waals surface area contributed by atoms with Crippen molar-refractivity contribution < 1.29 is 24.2 Å². The topological polar surface area (TPSA) is 186 Å². The van der Waals surface area contributed by atoms with Gasteiger partial charge in [0.1, 0.15) is 24.9 Å². The summed E-state index contributed by atoms with van der Waals surface area (Å²) in [6.07, 6.45) is 18.7. The third-order valence-corrected chi connectivity index (χ3v) is 21.5. The summed E-state index contributed by atoms with van der Waals surface area (Å²) >= 11 is 0. The molecule has 12 aliphatic rings. The minimum Gasteiger partial charge on any atom is -0.468 e. The molecule has 2 amide bonds. The van der Waals surface area contributed by atoms with E-state index in [1.807, 2.05) is 41.3 Å². The standard InChI is InChI=1S/C16H18N2O2.C15H20N2O.C15H18N2O.C13H14N2.C12H13NO/c1-20-15(19)10-18-9-12-5-3-6-13(12)14-7-2-4-11(8-17)16(14)18;2*18-14-9-17-8-11-4-2-5-12(11)13-6-1-3-10(7-16-14)15(13)17;14-7-9-3-1-6-12-11-5-2-4-10(11)8-15-13(9)12;14-12-10-6-3-5-8(10)9-4-1-2-7-11(9)13-12/h2,4,7,12-13H,3,5-6,9-10H2,1H3;1,3,6,11-12,14,16,18H,2,4-5,7-9H2;1,3,6,11-12H,2,4-5,7-9H2,(H,16,18);1,3,6,10-11,15H,2,4-5,8H2;1-2,4,7-8,10H,3,5-6H2,(H,13,14)/t12-,13-;11-,12-,14?;11-,12-;10-,11-;8-,10-/m00001/s1. The Hall–Kier alpha value is -7.39. The van der Waals surface area contributed by atoms with E-state index in [1.165, 1.54) is 147 Å². The number of benzene rings is 5. The molecular formula is C71H83N9O5. The van der Waals surface area contributed by atoms with Crippen LogP contribution in [0.15, 0.2) is 97.1 Å². The van der Waals surface area contributed by atoms with Crippen molar-refractivity contribution in [2.24, 2.45) is 29.6 Å². The number of anilines is 5. The summed E-state index contributed by atoms with van der Waals surface area (Å²) in [5.41, 5.74) is 17.0. The fourth-order valence-electron chi connectivity index (χ4n) is 17.8. The lowest BCUT2D eigenvalue weighted by Gasteiger charge is -2.39. The van der Waals surface area contributed by atoms with Crippen molar-refractivity contribution in [3.8, 4) is 12.1 Å². The van der Waals surface area contributed by atoms with Gasteiger partial charge in [-0.2, -0.15) is 10.5 Å². The zero-order valence-corrected chi connectivity index (χ0v) is 49.4. The van der Waals surface area contributed by atoms with Crippen LogP contribution in [0, 0.1) is 52.3 Å². The highest BCUT2D eigenvalue weighted by molar-refractivity contribution is 5.97. The number of hydrogen-bond donors (Lipinski definition) is 5. The molecule has 14 heteroatoms. The smallest absolute Gasteiger partial charge is 0.325 e. The van der Waals surface area contributed by atoms with E-state index in [1.54, 1.807) is 0 Å². The number of ether oxygens (including phenoxy) is 1. The molecule has 0 saturated heterocycles. The van der Waals surface area contributed by atoms with Crippen molar-refractivity contribution in [3.05, 3.63) is 147 Å². The maximum Gasteiger partial charge on any atom is 0.325 e. The molecule has 5 fully saturated rings. The normalized spacial score (nSPS) is 28.6. The van der Waals surface area contributed by atoms with Gasteiger partial charge in [-0.25, -0.2) is 0 Å². The molecule has 5 N–H and O–H groups in total. The molecule has 14 nitrogen and oxygen atoms in total. The molecule has 442 valence electrons. The van der Waals surface area contributed by atoms with Crippen LogP contribution in [0.1, 0.15) is 176 Å². The molecule has 0 aromatic heterocycles. The Labute approximate surface area is 501 Å². The van der Waals surface area contributed by atoms with Crippen LogP contribution >= 0.6 is 0 Å². The van der Waals surface area contributed by atoms with E-state index in [2.05, 4.69) is 104 Å². The van der Waals surface area contributed by atoms with E-state index >= 15 is 0 Å². The third kappa shape index (κ3) is 11.3. The fraction of sp³-hybridized carbons (Fsp3) is 0.507. The molecule has 7 aliphatic heterocycles. The van der Waals surface area contributed by atoms with Crippen molar-refractivity contribution in [2.45, 2.75) is 145 Å². The summed E-state index contributed by atoms with van der Waals surface area (Å²) in [5.74, 6) is 6.59. The van der Waals surface area contributed by atoms with Gasteiger partial charge in [-0.15, -0.1) is 0 Å². The van der Waals surface area contributed by atoms with Crippen molar-refractivity contribution in [1.29, 1.82) is 10.5 Å². The average Bonchev–Trinajstić information content (AvgIpc) is 3.85. The van der Waals surface area contributed by atoms with E-state index in [0.717, 1.165) is 97.9 Å². The molecule has 7 heterocycles. The van der Waals surface area contributed by atoms with Crippen LogP contribution < -0.4 is 36.0 Å². The molecule has 5 saturated carbocycles. The first-order chi connectivity index (χ1) is 41.7. The van der Waals surface area contributed by atoms with Crippen LogP contribution in [-0.4, -0.2) is 82.0 Å². The van der Waals surface area contributed by atoms with Crippen LogP contribution in [0.5, 0.6) is 0 Å². The highest BCUT2D eigenvalue weighted by Gasteiger charge is 2.43. The van der Waals surface area contributed by atoms with Gasteiger partial charge in [0, 0.05) is 62.2 Å². The van der Waals surface area contributed by atoms with Crippen molar-refractivity contribution >= 4 is 46.2 Å². The number of amides is 2. The van der Waals surface area contributed by atoms with Gasteiger partial charge in [0.2, 0.25) is 11.8 Å². The predicted molar refractivity (Wildman–Crippen MR) is 333 cm³/mol. The maximum atomic E-state index is 11.8. The number of carbonyl (C=O) groups excluding carboxylic acids is 3. The highest BCUT2D eigenvalue weighted by atomic mass is 16.5. The number of methoxy groups -OCH3 is 1. The zero-order chi connectivity index (χ0) is 58.1. The predicted octanol–water partition coefficient (Wildman–Crippen LogP) is 11.7. The van der Waals surface area contributed by atoms with Crippen LogP contribution in [-0.2, 0) is 32.2 Å². The number of rotatable bonds is 2. The molecule has 17 rings (SSSR count). The van der Waals surface area contributed by atoms with Gasteiger partial charge in [-0.05, 0) is 175 Å². The Morgan fingerprint density at radius 2 is 1.08 bits per heavy atom. The lowest BCUT2D eigenvalue weighted by molar-refractivity contribution is -0.139. The molecule has 0 radical (unpaired) electrons. The number of nitrogens with zero attached hydrogens (tertiary/aromatic N) is 5. The van der Waals surface area contributed by atoms with Gasteiger partial charge in [0.25, 0.3) is 0 Å². The molecule has 0 spiro atoms. The largest absolute Gasteiger partial charge is 0.468 e. The summed E-state index contributed by atoms with van der Waals surface area (Å²) in [6.45, 7) is 7.08. The summed E-state index contributed by atoms with van der Waals surface area (Å²) in [6, 6.07) is 38.0. The molecular weight excluding hydrogens is 1060 g/mol. The minimum absolute atomic E-state index is 0.161. The summed E-state index contributed by atoms with van der Waals surface area (Å²) in [7, 11) is 1.40. The Kier molecular flexibility index (Phi) is 16.6. The third-order valence-electron chi connectivity index (χ3n) is 21.5.